The van der Waals surface area contributed by atoms with E-state index in [-0.39, 0.29) is 10.8 Å². The van der Waals surface area contributed by atoms with Gasteiger partial charge in [-0.15, -0.1) is 11.3 Å². The molecule has 2 heterocycles. The highest BCUT2D eigenvalue weighted by atomic mass is 32.2. The summed E-state index contributed by atoms with van der Waals surface area (Å²) >= 11 is 1.35. The number of aromatic nitrogens is 1. The number of aryl methyl sites for hydroxylation is 1. The average Bonchev–Trinajstić information content (AvgIpc) is 2.83. The Hall–Kier alpha value is -1.40. The molecule has 2 aromatic rings. The van der Waals surface area contributed by atoms with Gasteiger partial charge in [-0.2, -0.15) is 0 Å². The first-order chi connectivity index (χ1) is 7.88. The number of carbonyl (C=O) groups is 1. The van der Waals surface area contributed by atoms with E-state index in [0.29, 0.717) is 10.6 Å². The van der Waals surface area contributed by atoms with Crippen molar-refractivity contribution < 1.29 is 13.2 Å². The Labute approximate surface area is 103 Å². The third-order valence-corrected chi connectivity index (χ3v) is 4.34. The van der Waals surface area contributed by atoms with Gasteiger partial charge in [0.05, 0.1) is 10.6 Å². The predicted octanol–water partition coefficient (Wildman–Crippen LogP) is 2.02. The van der Waals surface area contributed by atoms with Crippen molar-refractivity contribution in [1.82, 2.24) is 4.98 Å². The van der Waals surface area contributed by atoms with Gasteiger partial charge in [0.15, 0.2) is 9.84 Å². The number of hydrogen-bond donors (Lipinski definition) is 1. The summed E-state index contributed by atoms with van der Waals surface area (Å²) in [6.45, 7) is 1.91. The summed E-state index contributed by atoms with van der Waals surface area (Å²) in [5, 5.41) is 1.95. The molecule has 0 saturated heterocycles. The minimum atomic E-state index is -3.30. The molecule has 0 aliphatic heterocycles. The summed E-state index contributed by atoms with van der Waals surface area (Å²) in [7, 11) is -3.30. The summed E-state index contributed by atoms with van der Waals surface area (Å²) in [5.41, 5.74) is 1.32. The van der Waals surface area contributed by atoms with Gasteiger partial charge in [-0.25, -0.2) is 8.42 Å². The Bertz CT molecular complexity index is 664. The Morgan fingerprint density at radius 3 is 2.53 bits per heavy atom. The molecule has 90 valence electrons. The summed E-state index contributed by atoms with van der Waals surface area (Å²) in [4.78, 5) is 15.2. The topological polar surface area (TPSA) is 67.0 Å². The fraction of sp³-hybridized carbons (Fsp3) is 0.182. The van der Waals surface area contributed by atoms with Gasteiger partial charge in [-0.05, 0) is 36.1 Å². The lowest BCUT2D eigenvalue weighted by molar-refractivity contribution is 0.103. The molecule has 0 fully saturated rings. The second kappa shape index (κ2) is 4.12. The highest BCUT2D eigenvalue weighted by molar-refractivity contribution is 7.90. The molecule has 17 heavy (non-hydrogen) atoms. The van der Waals surface area contributed by atoms with Crippen molar-refractivity contribution in [3.63, 3.8) is 0 Å². The van der Waals surface area contributed by atoms with Crippen molar-refractivity contribution in [2.24, 2.45) is 0 Å². The fourth-order valence-electron chi connectivity index (χ4n) is 1.41. The van der Waals surface area contributed by atoms with Gasteiger partial charge < -0.3 is 4.98 Å². The third-order valence-electron chi connectivity index (χ3n) is 2.26. The molecule has 0 atom stereocenters. The van der Waals surface area contributed by atoms with Crippen molar-refractivity contribution >= 4 is 27.0 Å². The van der Waals surface area contributed by atoms with Crippen LogP contribution in [0.15, 0.2) is 28.6 Å². The minimum Gasteiger partial charge on any atom is -0.343 e. The van der Waals surface area contributed by atoms with Gasteiger partial charge >= 0.3 is 0 Å². The first-order valence-electron chi connectivity index (χ1n) is 4.87. The van der Waals surface area contributed by atoms with Crippen LogP contribution in [0.4, 0.5) is 0 Å². The standard InChI is InChI=1S/C11H11NO3S2/c1-7-5-9(16-6-7)11(13)8-3-4-10(12-8)17(2,14)15/h3-6,12H,1-2H3. The molecule has 1 N–H and O–H groups in total. The lowest BCUT2D eigenvalue weighted by Gasteiger charge is -1.94. The smallest absolute Gasteiger partial charge is 0.219 e. The Morgan fingerprint density at radius 2 is 2.06 bits per heavy atom. The first kappa shape index (κ1) is 12.1. The first-order valence-corrected chi connectivity index (χ1v) is 7.64. The van der Waals surface area contributed by atoms with Crippen molar-refractivity contribution in [3.05, 3.63) is 39.7 Å². The van der Waals surface area contributed by atoms with Gasteiger partial charge in [0.2, 0.25) is 5.78 Å². The maximum Gasteiger partial charge on any atom is 0.219 e. The van der Waals surface area contributed by atoms with Crippen molar-refractivity contribution in [3.8, 4) is 0 Å². The number of rotatable bonds is 3. The maximum absolute atomic E-state index is 12.0. The van der Waals surface area contributed by atoms with Crippen molar-refractivity contribution in [2.75, 3.05) is 6.26 Å². The molecule has 6 heteroatoms. The van der Waals surface area contributed by atoms with Crippen LogP contribution in [0.2, 0.25) is 0 Å². The van der Waals surface area contributed by atoms with E-state index in [1.807, 2.05) is 12.3 Å². The van der Waals surface area contributed by atoms with Crippen LogP contribution in [0.1, 0.15) is 20.9 Å². The molecular weight excluding hydrogens is 258 g/mol. The van der Waals surface area contributed by atoms with Gasteiger partial charge in [0, 0.05) is 6.26 Å². The van der Waals surface area contributed by atoms with Crippen molar-refractivity contribution in [1.29, 1.82) is 0 Å². The molecule has 2 aromatic heterocycles. The normalized spacial score (nSPS) is 11.6. The average molecular weight is 269 g/mol. The molecule has 0 radical (unpaired) electrons. The second-order valence-electron chi connectivity index (χ2n) is 3.83. The zero-order chi connectivity index (χ0) is 12.6. The lowest BCUT2D eigenvalue weighted by Crippen LogP contribution is -2.02. The maximum atomic E-state index is 12.0. The molecule has 0 aromatic carbocycles. The zero-order valence-corrected chi connectivity index (χ0v) is 11.0. The van der Waals surface area contributed by atoms with E-state index < -0.39 is 9.84 Å². The molecule has 0 unspecified atom stereocenters. The molecule has 0 aliphatic carbocycles. The molecule has 0 spiro atoms. The number of aromatic amines is 1. The number of hydrogen-bond acceptors (Lipinski definition) is 4. The number of H-pyrrole nitrogens is 1. The quantitative estimate of drug-likeness (QED) is 0.867. The Morgan fingerprint density at radius 1 is 1.35 bits per heavy atom. The molecule has 0 amide bonds. The number of thiophene rings is 1. The number of carbonyl (C=O) groups excluding carboxylic acids is 1. The predicted molar refractivity (Wildman–Crippen MR) is 66.4 cm³/mol. The Balaban J connectivity index is 2.36. The molecule has 0 saturated carbocycles. The van der Waals surface area contributed by atoms with Gasteiger partial charge in [0.1, 0.15) is 5.03 Å². The van der Waals surface area contributed by atoms with Crippen molar-refractivity contribution in [2.45, 2.75) is 11.9 Å². The van der Waals surface area contributed by atoms with Crippen LogP contribution in [0, 0.1) is 6.92 Å². The molecule has 0 aliphatic rings. The summed E-state index contributed by atoms with van der Waals surface area (Å²) in [6.07, 6.45) is 1.10. The molecular formula is C11H11NO3S2. The van der Waals surface area contributed by atoms with Gasteiger partial charge in [-0.1, -0.05) is 0 Å². The zero-order valence-electron chi connectivity index (χ0n) is 9.35. The third kappa shape index (κ3) is 2.48. The van der Waals surface area contributed by atoms with Crippen LogP contribution >= 0.6 is 11.3 Å². The summed E-state index contributed by atoms with van der Waals surface area (Å²) < 4.78 is 22.5. The molecule has 2 rings (SSSR count). The monoisotopic (exact) mass is 269 g/mol. The van der Waals surface area contributed by atoms with E-state index in [4.69, 9.17) is 0 Å². The second-order valence-corrected chi connectivity index (χ2v) is 6.72. The van der Waals surface area contributed by atoms with Crippen LogP contribution < -0.4 is 0 Å². The molecule has 4 nitrogen and oxygen atoms in total. The highest BCUT2D eigenvalue weighted by Gasteiger charge is 2.16. The van der Waals surface area contributed by atoms with Crippen LogP contribution in [0.5, 0.6) is 0 Å². The van der Waals surface area contributed by atoms with Crippen LogP contribution in [0.3, 0.4) is 0 Å². The van der Waals surface area contributed by atoms with E-state index in [2.05, 4.69) is 4.98 Å². The minimum absolute atomic E-state index is 0.0640. The summed E-state index contributed by atoms with van der Waals surface area (Å²) in [6, 6.07) is 4.69. The number of ketones is 1. The summed E-state index contributed by atoms with van der Waals surface area (Å²) in [5.74, 6) is -0.182. The van der Waals surface area contributed by atoms with Crippen LogP contribution in [-0.2, 0) is 9.84 Å². The van der Waals surface area contributed by atoms with E-state index >= 15 is 0 Å². The highest BCUT2D eigenvalue weighted by Crippen LogP contribution is 2.18. The lowest BCUT2D eigenvalue weighted by atomic mass is 10.2. The number of nitrogens with one attached hydrogen (secondary N) is 1. The molecule has 0 bridgehead atoms. The van der Waals surface area contributed by atoms with E-state index in [0.717, 1.165) is 11.8 Å². The van der Waals surface area contributed by atoms with E-state index in [9.17, 15) is 13.2 Å². The van der Waals surface area contributed by atoms with Gasteiger partial charge in [0.25, 0.3) is 0 Å². The Kier molecular flexibility index (Phi) is 2.92. The fourth-order valence-corrected chi connectivity index (χ4v) is 2.87. The SMILES string of the molecule is Cc1csc(C(=O)c2ccc(S(C)(=O)=O)[nH]2)c1. The van der Waals surface area contributed by atoms with Crippen LogP contribution in [-0.4, -0.2) is 25.4 Å². The van der Waals surface area contributed by atoms with E-state index in [1.165, 1.54) is 23.5 Å². The van der Waals surface area contributed by atoms with Crippen LogP contribution in [0.25, 0.3) is 0 Å². The van der Waals surface area contributed by atoms with E-state index in [1.54, 1.807) is 6.07 Å². The largest absolute Gasteiger partial charge is 0.343 e. The van der Waals surface area contributed by atoms with Gasteiger partial charge in [-0.3, -0.25) is 4.79 Å². The number of sulfone groups is 1.